The summed E-state index contributed by atoms with van der Waals surface area (Å²) in [6.07, 6.45) is 0. The van der Waals surface area contributed by atoms with Crippen LogP contribution < -0.4 is 4.43 Å². The Morgan fingerprint density at radius 1 is 0.565 bits per heavy atom. The van der Waals surface area contributed by atoms with E-state index in [0.717, 1.165) is 16.9 Å². The van der Waals surface area contributed by atoms with Gasteiger partial charge in [0.15, 0.2) is 0 Å². The van der Waals surface area contributed by atoms with Crippen molar-refractivity contribution in [2.75, 3.05) is 0 Å². The van der Waals surface area contributed by atoms with Crippen LogP contribution in [0.4, 0.5) is 0 Å². The smallest absolute Gasteiger partial charge is 0.242 e. The Kier molecular flexibility index (Phi) is 4.35. The van der Waals surface area contributed by atoms with E-state index in [1.54, 1.807) is 0 Å². The normalized spacial score (nSPS) is 11.3. The highest BCUT2D eigenvalue weighted by molar-refractivity contribution is 6.70. The van der Waals surface area contributed by atoms with Crippen molar-refractivity contribution in [3.8, 4) is 28.0 Å². The predicted molar refractivity (Wildman–Crippen MR) is 101 cm³/mol. The van der Waals surface area contributed by atoms with Crippen LogP contribution in [0.5, 0.6) is 5.75 Å². The maximum atomic E-state index is 6.51. The van der Waals surface area contributed by atoms with Crippen molar-refractivity contribution in [2.45, 2.75) is 19.6 Å². The third-order valence-corrected chi connectivity index (χ3v) is 4.41. The second-order valence-electron chi connectivity index (χ2n) is 6.63. The molecule has 0 amide bonds. The molecule has 0 bridgehead atoms. The number of para-hydroxylation sites is 1. The first-order valence-electron chi connectivity index (χ1n) is 7.97. The zero-order chi connectivity index (χ0) is 16.3. The van der Waals surface area contributed by atoms with Gasteiger partial charge in [0.1, 0.15) is 5.75 Å². The molecular weight excluding hydrogens is 296 g/mol. The number of rotatable bonds is 4. The molecule has 0 radical (unpaired) electrons. The molecule has 116 valence electrons. The minimum Gasteiger partial charge on any atom is -0.543 e. The average molecular weight is 318 g/mol. The first kappa shape index (κ1) is 15.6. The molecule has 0 atom stereocenters. The Morgan fingerprint density at radius 2 is 1.00 bits per heavy atom. The molecule has 0 saturated heterocycles. The van der Waals surface area contributed by atoms with E-state index in [1.165, 1.54) is 11.1 Å². The molecule has 0 fully saturated rings. The molecule has 0 aliphatic carbocycles. The van der Waals surface area contributed by atoms with Gasteiger partial charge in [-0.05, 0) is 30.8 Å². The lowest BCUT2D eigenvalue weighted by molar-refractivity contribution is 0.561. The fourth-order valence-corrected chi connectivity index (χ4v) is 3.48. The molecule has 3 aromatic carbocycles. The molecule has 0 heterocycles. The largest absolute Gasteiger partial charge is 0.543 e. The van der Waals surface area contributed by atoms with Gasteiger partial charge in [0.2, 0.25) is 8.32 Å². The summed E-state index contributed by atoms with van der Waals surface area (Å²) >= 11 is 0. The summed E-state index contributed by atoms with van der Waals surface area (Å²) in [6, 6.07) is 27.4. The lowest BCUT2D eigenvalue weighted by atomic mass is 9.97. The molecule has 23 heavy (non-hydrogen) atoms. The molecule has 1 nitrogen and oxygen atoms in total. The quantitative estimate of drug-likeness (QED) is 0.518. The number of hydrogen-bond acceptors (Lipinski definition) is 1. The molecule has 0 spiro atoms. The monoisotopic (exact) mass is 318 g/mol. The van der Waals surface area contributed by atoms with Crippen molar-refractivity contribution in [1.82, 2.24) is 0 Å². The lowest BCUT2D eigenvalue weighted by Crippen LogP contribution is -2.29. The predicted octanol–water partition coefficient (Wildman–Crippen LogP) is 6.23. The van der Waals surface area contributed by atoms with Gasteiger partial charge >= 0.3 is 0 Å². The zero-order valence-electron chi connectivity index (χ0n) is 13.9. The Bertz CT molecular complexity index is 716. The maximum Gasteiger partial charge on any atom is 0.242 e. The Balaban J connectivity index is 2.21. The van der Waals surface area contributed by atoms with Crippen molar-refractivity contribution < 1.29 is 4.43 Å². The van der Waals surface area contributed by atoms with E-state index in [9.17, 15) is 0 Å². The summed E-state index contributed by atoms with van der Waals surface area (Å²) in [5, 5.41) is 0. The summed E-state index contributed by atoms with van der Waals surface area (Å²) in [4.78, 5) is 0. The summed E-state index contributed by atoms with van der Waals surface area (Å²) in [7, 11) is -1.73. The van der Waals surface area contributed by atoms with E-state index in [2.05, 4.69) is 86.4 Å². The Morgan fingerprint density at radius 3 is 1.39 bits per heavy atom. The van der Waals surface area contributed by atoms with Gasteiger partial charge in [-0.25, -0.2) is 0 Å². The van der Waals surface area contributed by atoms with Crippen molar-refractivity contribution >= 4 is 8.32 Å². The van der Waals surface area contributed by atoms with Gasteiger partial charge in [-0.3, -0.25) is 0 Å². The molecule has 2 heteroatoms. The average Bonchev–Trinajstić information content (AvgIpc) is 2.55. The van der Waals surface area contributed by atoms with Crippen molar-refractivity contribution in [3.05, 3.63) is 78.9 Å². The van der Waals surface area contributed by atoms with Crippen LogP contribution in [0, 0.1) is 0 Å². The van der Waals surface area contributed by atoms with E-state index in [4.69, 9.17) is 4.43 Å². The van der Waals surface area contributed by atoms with Crippen LogP contribution in [0.15, 0.2) is 78.9 Å². The molecule has 0 aliphatic heterocycles. The summed E-state index contributed by atoms with van der Waals surface area (Å²) in [5.74, 6) is 1.00. The van der Waals surface area contributed by atoms with Crippen molar-refractivity contribution in [2.24, 2.45) is 0 Å². The first-order valence-corrected chi connectivity index (χ1v) is 11.4. The van der Waals surface area contributed by atoms with E-state index in [1.807, 2.05) is 12.1 Å². The molecule has 3 rings (SSSR count). The fraction of sp³-hybridized carbons (Fsp3) is 0.143. The molecular formula is C21H22OSi. The van der Waals surface area contributed by atoms with Crippen LogP contribution >= 0.6 is 0 Å². The second kappa shape index (κ2) is 6.43. The third kappa shape index (κ3) is 3.72. The standard InChI is InChI=1S/C21H22OSi/c1-23(2,3)22-21-19(17-11-6-4-7-12-17)15-10-16-20(21)18-13-8-5-9-14-18/h4-16H,1-3H3. The van der Waals surface area contributed by atoms with Crippen LogP contribution in [0.25, 0.3) is 22.3 Å². The van der Waals surface area contributed by atoms with Crippen molar-refractivity contribution in [1.29, 1.82) is 0 Å². The van der Waals surface area contributed by atoms with E-state index in [0.29, 0.717) is 0 Å². The minimum atomic E-state index is -1.73. The van der Waals surface area contributed by atoms with Gasteiger partial charge in [-0.1, -0.05) is 78.9 Å². The molecule has 0 saturated carbocycles. The van der Waals surface area contributed by atoms with Crippen LogP contribution in [0.1, 0.15) is 0 Å². The highest BCUT2D eigenvalue weighted by Crippen LogP contribution is 2.40. The SMILES string of the molecule is C[Si](C)(C)Oc1c(-c2ccccc2)cccc1-c1ccccc1. The van der Waals surface area contributed by atoms with Gasteiger partial charge < -0.3 is 4.43 Å². The van der Waals surface area contributed by atoms with Gasteiger partial charge in [0.25, 0.3) is 0 Å². The summed E-state index contributed by atoms with van der Waals surface area (Å²) in [6.45, 7) is 6.68. The molecule has 0 unspecified atom stereocenters. The van der Waals surface area contributed by atoms with E-state index >= 15 is 0 Å². The molecule has 0 aromatic heterocycles. The number of benzene rings is 3. The molecule has 0 N–H and O–H groups in total. The van der Waals surface area contributed by atoms with Crippen LogP contribution in [0.3, 0.4) is 0 Å². The van der Waals surface area contributed by atoms with Crippen LogP contribution in [0.2, 0.25) is 19.6 Å². The third-order valence-electron chi connectivity index (χ3n) is 3.59. The van der Waals surface area contributed by atoms with E-state index < -0.39 is 8.32 Å². The zero-order valence-corrected chi connectivity index (χ0v) is 14.9. The van der Waals surface area contributed by atoms with Gasteiger partial charge in [0.05, 0.1) is 0 Å². The topological polar surface area (TPSA) is 9.23 Å². The summed E-state index contributed by atoms with van der Waals surface area (Å²) in [5.41, 5.74) is 4.71. The van der Waals surface area contributed by atoms with Crippen molar-refractivity contribution in [3.63, 3.8) is 0 Å². The lowest BCUT2D eigenvalue weighted by Gasteiger charge is -2.24. The summed E-state index contributed by atoms with van der Waals surface area (Å²) < 4.78 is 6.51. The van der Waals surface area contributed by atoms with Gasteiger partial charge in [-0.15, -0.1) is 0 Å². The fourth-order valence-electron chi connectivity index (χ4n) is 2.64. The second-order valence-corrected chi connectivity index (χ2v) is 11.1. The van der Waals surface area contributed by atoms with Crippen LogP contribution in [-0.2, 0) is 0 Å². The highest BCUT2D eigenvalue weighted by atomic mass is 28.4. The Labute approximate surface area is 139 Å². The molecule has 3 aromatic rings. The minimum absolute atomic E-state index is 1.00. The molecule has 0 aliphatic rings. The van der Waals surface area contributed by atoms with Gasteiger partial charge in [-0.2, -0.15) is 0 Å². The van der Waals surface area contributed by atoms with Crippen LogP contribution in [-0.4, -0.2) is 8.32 Å². The Hall–Kier alpha value is -2.32. The maximum absolute atomic E-state index is 6.51. The number of hydrogen-bond donors (Lipinski definition) is 0. The van der Waals surface area contributed by atoms with E-state index in [-0.39, 0.29) is 0 Å². The van der Waals surface area contributed by atoms with Gasteiger partial charge in [0, 0.05) is 11.1 Å². The first-order chi connectivity index (χ1) is 11.0. The highest BCUT2D eigenvalue weighted by Gasteiger charge is 2.21.